The maximum atomic E-state index is 11.9. The zero-order valence-electron chi connectivity index (χ0n) is 9.13. The highest BCUT2D eigenvalue weighted by Gasteiger charge is 2.17. The molecule has 2 aromatic heterocycles. The van der Waals surface area contributed by atoms with Gasteiger partial charge in [-0.2, -0.15) is 16.6 Å². The zero-order valence-corrected chi connectivity index (χ0v) is 10.7. The maximum absolute atomic E-state index is 11.9. The number of halogens is 1. The summed E-state index contributed by atoms with van der Waals surface area (Å²) in [5.74, 6) is -0.411. The molecule has 0 saturated heterocycles. The molecule has 0 radical (unpaired) electrons. The molecule has 1 N–H and O–H groups in total. The van der Waals surface area contributed by atoms with Crippen LogP contribution in [-0.4, -0.2) is 10.9 Å². The average Bonchev–Trinajstić information content (AvgIpc) is 2.90. The first-order chi connectivity index (χ1) is 8.72. The van der Waals surface area contributed by atoms with Crippen molar-refractivity contribution in [1.29, 1.82) is 5.26 Å². The van der Waals surface area contributed by atoms with Crippen LogP contribution in [0, 0.1) is 11.3 Å². The highest BCUT2D eigenvalue weighted by Crippen LogP contribution is 2.17. The third-order valence-corrected chi connectivity index (χ3v) is 3.29. The molecule has 1 unspecified atom stereocenters. The Balaban J connectivity index is 2.17. The Labute approximate surface area is 113 Å². The molecule has 90 valence electrons. The predicted molar refractivity (Wildman–Crippen MR) is 69.4 cm³/mol. The zero-order chi connectivity index (χ0) is 13.0. The molecule has 4 nitrogen and oxygen atoms in total. The van der Waals surface area contributed by atoms with Gasteiger partial charge in [0.2, 0.25) is 0 Å². The minimum Gasteiger partial charge on any atom is -0.332 e. The van der Waals surface area contributed by atoms with Gasteiger partial charge in [-0.3, -0.25) is 4.79 Å². The number of pyridine rings is 1. The quantitative estimate of drug-likeness (QED) is 0.877. The molecule has 6 heteroatoms. The number of carbonyl (C=O) groups is 1. The van der Waals surface area contributed by atoms with Crippen molar-refractivity contribution < 1.29 is 4.79 Å². The van der Waals surface area contributed by atoms with Crippen molar-refractivity contribution in [2.24, 2.45) is 0 Å². The summed E-state index contributed by atoms with van der Waals surface area (Å²) in [4.78, 5) is 15.8. The molecule has 1 atom stereocenters. The van der Waals surface area contributed by atoms with Crippen molar-refractivity contribution in [3.05, 3.63) is 51.4 Å². The minimum atomic E-state index is -0.681. The lowest BCUT2D eigenvalue weighted by atomic mass is 10.1. The SMILES string of the molecule is N#CC(NC(=O)c1cccnc1Cl)c1ccsc1. The van der Waals surface area contributed by atoms with Crippen molar-refractivity contribution in [3.8, 4) is 6.07 Å². The molecule has 2 heterocycles. The third kappa shape index (κ3) is 2.67. The van der Waals surface area contributed by atoms with E-state index in [0.29, 0.717) is 0 Å². The topological polar surface area (TPSA) is 65.8 Å². The molecule has 0 bridgehead atoms. The van der Waals surface area contributed by atoms with Gasteiger partial charge in [0.15, 0.2) is 0 Å². The number of thiophene rings is 1. The van der Waals surface area contributed by atoms with Crippen LogP contribution in [0.3, 0.4) is 0 Å². The van der Waals surface area contributed by atoms with Crippen LogP contribution < -0.4 is 5.32 Å². The largest absolute Gasteiger partial charge is 0.332 e. The van der Waals surface area contributed by atoms with E-state index in [1.54, 1.807) is 18.2 Å². The number of nitrogens with zero attached hydrogens (tertiary/aromatic N) is 2. The molecule has 1 amide bonds. The summed E-state index contributed by atoms with van der Waals surface area (Å²) < 4.78 is 0. The van der Waals surface area contributed by atoms with Gasteiger partial charge in [-0.1, -0.05) is 11.6 Å². The van der Waals surface area contributed by atoms with Crippen LogP contribution in [-0.2, 0) is 0 Å². The molecule has 0 fully saturated rings. The second kappa shape index (κ2) is 5.63. The maximum Gasteiger partial charge on any atom is 0.255 e. The average molecular weight is 278 g/mol. The van der Waals surface area contributed by atoms with Gasteiger partial charge in [0, 0.05) is 6.20 Å². The standard InChI is InChI=1S/C12H8ClN3OS/c13-11-9(2-1-4-15-11)12(17)16-10(6-14)8-3-5-18-7-8/h1-5,7,10H,(H,16,17). The van der Waals surface area contributed by atoms with Gasteiger partial charge in [-0.05, 0) is 34.5 Å². The number of hydrogen-bond acceptors (Lipinski definition) is 4. The van der Waals surface area contributed by atoms with Crippen LogP contribution in [0.5, 0.6) is 0 Å². The van der Waals surface area contributed by atoms with Gasteiger partial charge in [0.1, 0.15) is 11.2 Å². The summed E-state index contributed by atoms with van der Waals surface area (Å²) in [6.07, 6.45) is 1.50. The van der Waals surface area contributed by atoms with E-state index in [2.05, 4.69) is 10.3 Å². The van der Waals surface area contributed by atoms with Gasteiger partial charge in [0.25, 0.3) is 5.91 Å². The van der Waals surface area contributed by atoms with E-state index in [4.69, 9.17) is 16.9 Å². The fourth-order valence-corrected chi connectivity index (χ4v) is 2.28. The lowest BCUT2D eigenvalue weighted by Gasteiger charge is -2.10. The van der Waals surface area contributed by atoms with Gasteiger partial charge >= 0.3 is 0 Å². The van der Waals surface area contributed by atoms with Crippen LogP contribution in [0.25, 0.3) is 0 Å². The van der Waals surface area contributed by atoms with E-state index in [1.807, 2.05) is 16.8 Å². The molecule has 0 saturated carbocycles. The van der Waals surface area contributed by atoms with Crippen molar-refractivity contribution >= 4 is 28.8 Å². The molecule has 0 aliphatic heterocycles. The summed E-state index contributed by atoms with van der Waals surface area (Å²) >= 11 is 7.29. The number of rotatable bonds is 3. The Kier molecular flexibility index (Phi) is 3.92. The lowest BCUT2D eigenvalue weighted by Crippen LogP contribution is -2.27. The van der Waals surface area contributed by atoms with Gasteiger partial charge in [-0.15, -0.1) is 0 Å². The Bertz CT molecular complexity index is 592. The van der Waals surface area contributed by atoms with E-state index in [9.17, 15) is 4.79 Å². The van der Waals surface area contributed by atoms with Crippen molar-refractivity contribution in [2.45, 2.75) is 6.04 Å². The van der Waals surface area contributed by atoms with E-state index in [0.717, 1.165) is 5.56 Å². The highest BCUT2D eigenvalue weighted by molar-refractivity contribution is 7.08. The van der Waals surface area contributed by atoms with E-state index < -0.39 is 11.9 Å². The Morgan fingerprint density at radius 2 is 2.39 bits per heavy atom. The van der Waals surface area contributed by atoms with Gasteiger partial charge < -0.3 is 5.32 Å². The second-order valence-corrected chi connectivity index (χ2v) is 4.57. The van der Waals surface area contributed by atoms with Crippen molar-refractivity contribution in [2.75, 3.05) is 0 Å². The van der Waals surface area contributed by atoms with Crippen molar-refractivity contribution in [1.82, 2.24) is 10.3 Å². The van der Waals surface area contributed by atoms with Crippen LogP contribution in [0.1, 0.15) is 22.0 Å². The molecular formula is C12H8ClN3OS. The number of carbonyl (C=O) groups excluding carboxylic acids is 1. The van der Waals surface area contributed by atoms with Gasteiger partial charge in [0.05, 0.1) is 11.6 Å². The normalized spacial score (nSPS) is 11.6. The first kappa shape index (κ1) is 12.6. The number of amides is 1. The monoisotopic (exact) mass is 277 g/mol. The first-order valence-corrected chi connectivity index (χ1v) is 6.37. The van der Waals surface area contributed by atoms with Crippen LogP contribution in [0.15, 0.2) is 35.2 Å². The van der Waals surface area contributed by atoms with E-state index >= 15 is 0 Å². The smallest absolute Gasteiger partial charge is 0.255 e. The van der Waals surface area contributed by atoms with Gasteiger partial charge in [-0.25, -0.2) is 4.98 Å². The molecule has 0 spiro atoms. The molecule has 18 heavy (non-hydrogen) atoms. The third-order valence-electron chi connectivity index (χ3n) is 2.28. The summed E-state index contributed by atoms with van der Waals surface area (Å²) in [7, 11) is 0. The number of nitriles is 1. The summed E-state index contributed by atoms with van der Waals surface area (Å²) in [5, 5.41) is 15.5. The Morgan fingerprint density at radius 1 is 1.56 bits per heavy atom. The molecule has 2 aromatic rings. The number of nitrogens with one attached hydrogen (secondary N) is 1. The fraction of sp³-hybridized carbons (Fsp3) is 0.0833. The minimum absolute atomic E-state index is 0.122. The first-order valence-electron chi connectivity index (χ1n) is 5.05. The van der Waals surface area contributed by atoms with Crippen LogP contribution in [0.4, 0.5) is 0 Å². The number of aromatic nitrogens is 1. The molecule has 2 rings (SSSR count). The highest BCUT2D eigenvalue weighted by atomic mass is 35.5. The Morgan fingerprint density at radius 3 is 3.00 bits per heavy atom. The van der Waals surface area contributed by atoms with E-state index in [1.165, 1.54) is 17.5 Å². The summed E-state index contributed by atoms with van der Waals surface area (Å²) in [6, 6.07) is 6.33. The molecule has 0 aromatic carbocycles. The second-order valence-electron chi connectivity index (χ2n) is 3.43. The summed E-state index contributed by atoms with van der Waals surface area (Å²) in [6.45, 7) is 0. The summed E-state index contributed by atoms with van der Waals surface area (Å²) in [5.41, 5.74) is 1.02. The molecule has 0 aliphatic rings. The molecule has 0 aliphatic carbocycles. The Hall–Kier alpha value is -1.90. The van der Waals surface area contributed by atoms with Crippen LogP contribution >= 0.6 is 22.9 Å². The predicted octanol–water partition coefficient (Wildman–Crippen LogP) is 2.79. The fourth-order valence-electron chi connectivity index (χ4n) is 1.39. The van der Waals surface area contributed by atoms with Crippen molar-refractivity contribution in [3.63, 3.8) is 0 Å². The lowest BCUT2D eigenvalue weighted by molar-refractivity contribution is 0.0945. The molecular weight excluding hydrogens is 270 g/mol. The van der Waals surface area contributed by atoms with E-state index in [-0.39, 0.29) is 10.7 Å². The van der Waals surface area contributed by atoms with Crippen LogP contribution in [0.2, 0.25) is 5.15 Å². The number of hydrogen-bond donors (Lipinski definition) is 1.